The average Bonchev–Trinajstić information content (AvgIpc) is 3.32. The van der Waals surface area contributed by atoms with E-state index in [-0.39, 0.29) is 6.16 Å². The highest BCUT2D eigenvalue weighted by Gasteiger charge is 2.12. The summed E-state index contributed by atoms with van der Waals surface area (Å²) in [6.45, 7) is 4.04. The first kappa shape index (κ1) is 25.7. The van der Waals surface area contributed by atoms with E-state index in [0.29, 0.717) is 26.1 Å². The van der Waals surface area contributed by atoms with E-state index in [0.717, 1.165) is 42.6 Å². The molecule has 0 unspecified atom stereocenters. The number of aryl methyl sites for hydroxylation is 2. The molecule has 0 saturated heterocycles. The molecule has 178 valence electrons. The van der Waals surface area contributed by atoms with Gasteiger partial charge < -0.3 is 19.8 Å². The Balaban J connectivity index is 1.46. The minimum absolute atomic E-state index is 0.0851. The molecule has 3 N–H and O–H groups in total. The van der Waals surface area contributed by atoms with Gasteiger partial charge in [-0.2, -0.15) is 0 Å². The summed E-state index contributed by atoms with van der Waals surface area (Å²) in [4.78, 5) is 19.1. The molecule has 0 aliphatic carbocycles. The average molecular weight is 488 g/mol. The Kier molecular flexibility index (Phi) is 10.2. The highest BCUT2D eigenvalue weighted by Crippen LogP contribution is 2.35. The Hall–Kier alpha value is -1.95. The van der Waals surface area contributed by atoms with Crippen molar-refractivity contribution in [2.45, 2.75) is 45.6 Å². The van der Waals surface area contributed by atoms with E-state index in [1.165, 1.54) is 16.0 Å². The molecule has 0 amide bonds. The van der Waals surface area contributed by atoms with Gasteiger partial charge in [0.25, 0.3) is 0 Å². The van der Waals surface area contributed by atoms with Crippen LogP contribution in [0.1, 0.15) is 42.4 Å². The Bertz CT molecular complexity index is 1020. The normalized spacial score (nSPS) is 11.6. The molecule has 5 nitrogen and oxygen atoms in total. The van der Waals surface area contributed by atoms with Gasteiger partial charge in [0.15, 0.2) is 0 Å². The van der Waals surface area contributed by atoms with Crippen LogP contribution in [0.3, 0.4) is 0 Å². The molecule has 2 aromatic carbocycles. The largest absolute Gasteiger partial charge is 0.493 e. The summed E-state index contributed by atoms with van der Waals surface area (Å²) in [6.07, 6.45) is 4.80. The van der Waals surface area contributed by atoms with Crippen molar-refractivity contribution in [2.24, 2.45) is 0 Å². The monoisotopic (exact) mass is 487 g/mol. The van der Waals surface area contributed by atoms with Crippen molar-refractivity contribution < 1.29 is 19.1 Å². The second-order valence-electron chi connectivity index (χ2n) is 8.37. The lowest BCUT2D eigenvalue weighted by atomic mass is 10.1. The van der Waals surface area contributed by atoms with E-state index in [4.69, 9.17) is 14.5 Å². The minimum Gasteiger partial charge on any atom is -0.493 e. The second-order valence-corrected chi connectivity index (χ2v) is 11.1. The van der Waals surface area contributed by atoms with E-state index in [1.807, 2.05) is 12.1 Å². The summed E-state index contributed by atoms with van der Waals surface area (Å²) < 4.78 is 17.1. The number of rotatable bonds is 14. The maximum atomic E-state index is 11.0. The van der Waals surface area contributed by atoms with Gasteiger partial charge in [-0.1, -0.05) is 42.0 Å². The van der Waals surface area contributed by atoms with Gasteiger partial charge >= 0.3 is 7.60 Å². The smallest absolute Gasteiger partial charge is 0.325 e. The van der Waals surface area contributed by atoms with Gasteiger partial charge in [-0.3, -0.25) is 4.57 Å². The first-order chi connectivity index (χ1) is 15.9. The number of unbranched alkanes of at least 4 members (excludes halogenated alkanes) is 2. The van der Waals surface area contributed by atoms with Crippen molar-refractivity contribution in [3.05, 3.63) is 76.7 Å². The fourth-order valence-corrected chi connectivity index (χ4v) is 4.94. The fourth-order valence-electron chi connectivity index (χ4n) is 3.62. The van der Waals surface area contributed by atoms with E-state index in [9.17, 15) is 4.57 Å². The fraction of sp³-hybridized carbons (Fsp3) is 0.385. The Labute approximate surface area is 201 Å². The quantitative estimate of drug-likeness (QED) is 0.187. The van der Waals surface area contributed by atoms with Crippen LogP contribution in [0.25, 0.3) is 10.4 Å². The minimum atomic E-state index is -3.92. The van der Waals surface area contributed by atoms with Crippen LogP contribution in [0.2, 0.25) is 0 Å². The van der Waals surface area contributed by atoms with E-state index >= 15 is 0 Å². The molecule has 0 atom stereocenters. The highest BCUT2D eigenvalue weighted by molar-refractivity contribution is 7.51. The van der Waals surface area contributed by atoms with Crippen LogP contribution in [0.5, 0.6) is 5.75 Å². The van der Waals surface area contributed by atoms with Crippen LogP contribution in [-0.4, -0.2) is 29.1 Å². The van der Waals surface area contributed by atoms with Gasteiger partial charge in [0.05, 0.1) is 12.8 Å². The van der Waals surface area contributed by atoms with Gasteiger partial charge in [-0.15, -0.1) is 11.3 Å². The first-order valence-corrected chi connectivity index (χ1v) is 14.2. The Morgan fingerprint density at radius 3 is 2.48 bits per heavy atom. The molecule has 33 heavy (non-hydrogen) atoms. The predicted octanol–water partition coefficient (Wildman–Crippen LogP) is 6.17. The third-order valence-corrected chi connectivity index (χ3v) is 7.25. The first-order valence-electron chi connectivity index (χ1n) is 11.5. The molecule has 3 rings (SSSR count). The van der Waals surface area contributed by atoms with Gasteiger partial charge in [0.2, 0.25) is 0 Å². The van der Waals surface area contributed by atoms with Crippen LogP contribution >= 0.6 is 18.9 Å². The van der Waals surface area contributed by atoms with E-state index < -0.39 is 7.60 Å². The van der Waals surface area contributed by atoms with Gasteiger partial charge in [-0.05, 0) is 80.3 Å². The summed E-state index contributed by atoms with van der Waals surface area (Å²) in [6, 6.07) is 19.2. The zero-order chi connectivity index (χ0) is 23.5. The molecule has 7 heteroatoms. The summed E-state index contributed by atoms with van der Waals surface area (Å²) >= 11 is 1.69. The van der Waals surface area contributed by atoms with Crippen molar-refractivity contribution in [1.82, 2.24) is 5.32 Å². The zero-order valence-corrected chi connectivity index (χ0v) is 20.9. The summed E-state index contributed by atoms with van der Waals surface area (Å²) in [7, 11) is -3.92. The molecular formula is C26H34NO4PS. The lowest BCUT2D eigenvalue weighted by Crippen LogP contribution is -2.15. The van der Waals surface area contributed by atoms with Crippen molar-refractivity contribution in [3.63, 3.8) is 0 Å². The van der Waals surface area contributed by atoms with Crippen molar-refractivity contribution in [2.75, 3.05) is 19.3 Å². The maximum absolute atomic E-state index is 11.0. The lowest BCUT2D eigenvalue weighted by molar-refractivity contribution is 0.306. The van der Waals surface area contributed by atoms with Crippen LogP contribution in [-0.2, 0) is 17.5 Å². The van der Waals surface area contributed by atoms with Gasteiger partial charge in [0.1, 0.15) is 5.75 Å². The van der Waals surface area contributed by atoms with E-state index in [1.54, 1.807) is 11.3 Å². The molecule has 0 spiro atoms. The SMILES string of the molecule is Cc1ccc(CCCCCOc2ccc(CNCCCP(=O)(O)O)cc2-c2cccs2)cc1. The molecule has 0 radical (unpaired) electrons. The molecular weight excluding hydrogens is 453 g/mol. The van der Waals surface area contributed by atoms with Crippen LogP contribution in [0.4, 0.5) is 0 Å². The third kappa shape index (κ3) is 9.44. The molecule has 0 aliphatic rings. The molecule has 0 fully saturated rings. The highest BCUT2D eigenvalue weighted by atomic mass is 32.1. The van der Waals surface area contributed by atoms with Crippen LogP contribution < -0.4 is 10.1 Å². The molecule has 1 heterocycles. The van der Waals surface area contributed by atoms with Crippen molar-refractivity contribution >= 4 is 18.9 Å². The summed E-state index contributed by atoms with van der Waals surface area (Å²) in [5.74, 6) is 0.904. The topological polar surface area (TPSA) is 78.8 Å². The van der Waals surface area contributed by atoms with Gasteiger partial charge in [-0.25, -0.2) is 0 Å². The molecule has 0 saturated carbocycles. The zero-order valence-electron chi connectivity index (χ0n) is 19.2. The Morgan fingerprint density at radius 1 is 0.970 bits per heavy atom. The summed E-state index contributed by atoms with van der Waals surface area (Å²) in [5, 5.41) is 5.33. The standard InChI is InChI=1S/C26H34NO4PS/c1-21-9-11-22(12-10-21)7-3-2-4-16-31-25-14-13-23(19-24(25)26-8-5-18-33-26)20-27-15-6-17-32(28,29)30/h5,8-14,18-19,27H,2-4,6-7,15-17,20H2,1H3,(H2,28,29,30). The summed E-state index contributed by atoms with van der Waals surface area (Å²) in [5.41, 5.74) is 4.92. The van der Waals surface area contributed by atoms with Gasteiger partial charge in [0, 0.05) is 17.0 Å². The number of hydrogen-bond donors (Lipinski definition) is 3. The third-order valence-electron chi connectivity index (χ3n) is 5.45. The Morgan fingerprint density at radius 2 is 1.76 bits per heavy atom. The van der Waals surface area contributed by atoms with E-state index in [2.05, 4.69) is 60.1 Å². The number of hydrogen-bond acceptors (Lipinski definition) is 4. The van der Waals surface area contributed by atoms with Crippen LogP contribution in [0, 0.1) is 6.92 Å². The van der Waals surface area contributed by atoms with Crippen molar-refractivity contribution in [1.29, 1.82) is 0 Å². The van der Waals surface area contributed by atoms with Crippen molar-refractivity contribution in [3.8, 4) is 16.2 Å². The molecule has 0 aliphatic heterocycles. The number of nitrogens with one attached hydrogen (secondary N) is 1. The maximum Gasteiger partial charge on any atom is 0.325 e. The predicted molar refractivity (Wildman–Crippen MR) is 137 cm³/mol. The number of ether oxygens (including phenoxy) is 1. The molecule has 1 aromatic heterocycles. The van der Waals surface area contributed by atoms with Crippen LogP contribution in [0.15, 0.2) is 60.0 Å². The lowest BCUT2D eigenvalue weighted by Gasteiger charge is -2.13. The number of thiophene rings is 1. The number of benzene rings is 2. The molecule has 3 aromatic rings. The second kappa shape index (κ2) is 13.1. The molecule has 0 bridgehead atoms.